The van der Waals surface area contributed by atoms with Gasteiger partial charge in [-0.1, -0.05) is 36.0 Å². The zero-order valence-corrected chi connectivity index (χ0v) is 12.8. The summed E-state index contributed by atoms with van der Waals surface area (Å²) < 4.78 is 5.68. The molecule has 1 aromatic carbocycles. The van der Waals surface area contributed by atoms with Crippen molar-refractivity contribution < 1.29 is 4.74 Å². The van der Waals surface area contributed by atoms with E-state index in [1.54, 1.807) is 6.07 Å². The standard InChI is InChI=1S/C14H14ClN3OS/c1-8-9(2)17-18-14(12(8)13(16)20)19-7-10-4-3-5-11(15)6-10/h3-6H,7H2,1-2H3,(H2,16,20). The minimum Gasteiger partial charge on any atom is -0.471 e. The highest BCUT2D eigenvalue weighted by Crippen LogP contribution is 2.21. The number of aryl methyl sites for hydroxylation is 1. The molecule has 2 aromatic rings. The second-order valence-corrected chi connectivity index (χ2v) is 5.25. The monoisotopic (exact) mass is 307 g/mol. The molecule has 0 aliphatic carbocycles. The first-order valence-corrected chi connectivity index (χ1v) is 6.78. The van der Waals surface area contributed by atoms with Crippen molar-refractivity contribution in [3.63, 3.8) is 0 Å². The Kier molecular flexibility index (Phi) is 4.52. The van der Waals surface area contributed by atoms with E-state index in [0.29, 0.717) is 23.1 Å². The fourth-order valence-electron chi connectivity index (χ4n) is 1.76. The molecule has 2 N–H and O–H groups in total. The number of hydrogen-bond donors (Lipinski definition) is 1. The minimum atomic E-state index is 0.251. The van der Waals surface area contributed by atoms with Crippen molar-refractivity contribution in [2.75, 3.05) is 0 Å². The van der Waals surface area contributed by atoms with Gasteiger partial charge in [0.15, 0.2) is 0 Å². The fraction of sp³-hybridized carbons (Fsp3) is 0.214. The van der Waals surface area contributed by atoms with Crippen molar-refractivity contribution in [3.05, 3.63) is 51.7 Å². The van der Waals surface area contributed by atoms with Gasteiger partial charge in [0.25, 0.3) is 0 Å². The second kappa shape index (κ2) is 6.15. The Morgan fingerprint density at radius 1 is 1.35 bits per heavy atom. The number of thiocarbonyl (C=S) groups is 1. The SMILES string of the molecule is Cc1nnc(OCc2cccc(Cl)c2)c(C(N)=S)c1C. The first-order valence-electron chi connectivity index (χ1n) is 6.00. The molecular weight excluding hydrogens is 294 g/mol. The van der Waals surface area contributed by atoms with Gasteiger partial charge in [0, 0.05) is 5.02 Å². The molecule has 0 fully saturated rings. The van der Waals surface area contributed by atoms with E-state index in [0.717, 1.165) is 16.8 Å². The van der Waals surface area contributed by atoms with Gasteiger partial charge in [0.05, 0.1) is 11.3 Å². The number of nitrogens with two attached hydrogens (primary N) is 1. The Balaban J connectivity index is 2.26. The van der Waals surface area contributed by atoms with E-state index in [1.807, 2.05) is 32.0 Å². The highest BCUT2D eigenvalue weighted by molar-refractivity contribution is 7.80. The highest BCUT2D eigenvalue weighted by atomic mass is 35.5. The molecule has 0 saturated carbocycles. The van der Waals surface area contributed by atoms with E-state index >= 15 is 0 Å². The van der Waals surface area contributed by atoms with Crippen molar-refractivity contribution in [1.29, 1.82) is 0 Å². The molecule has 0 bridgehead atoms. The van der Waals surface area contributed by atoms with Crippen LogP contribution in [-0.4, -0.2) is 15.2 Å². The molecule has 0 amide bonds. The Morgan fingerprint density at radius 2 is 2.10 bits per heavy atom. The van der Waals surface area contributed by atoms with Crippen LogP contribution in [0.1, 0.15) is 22.4 Å². The minimum absolute atomic E-state index is 0.251. The van der Waals surface area contributed by atoms with Crippen molar-refractivity contribution >= 4 is 28.8 Å². The van der Waals surface area contributed by atoms with E-state index in [-0.39, 0.29) is 4.99 Å². The van der Waals surface area contributed by atoms with Gasteiger partial charge in [0.1, 0.15) is 11.6 Å². The van der Waals surface area contributed by atoms with Gasteiger partial charge in [-0.25, -0.2) is 0 Å². The summed E-state index contributed by atoms with van der Waals surface area (Å²) in [5, 5.41) is 8.72. The van der Waals surface area contributed by atoms with Crippen molar-refractivity contribution in [1.82, 2.24) is 10.2 Å². The summed E-state index contributed by atoms with van der Waals surface area (Å²) in [7, 11) is 0. The Labute approximate surface area is 127 Å². The summed E-state index contributed by atoms with van der Waals surface area (Å²) in [6.07, 6.45) is 0. The van der Waals surface area contributed by atoms with Crippen molar-refractivity contribution in [3.8, 4) is 5.88 Å². The molecule has 0 atom stereocenters. The highest BCUT2D eigenvalue weighted by Gasteiger charge is 2.15. The lowest BCUT2D eigenvalue weighted by atomic mass is 10.1. The predicted molar refractivity (Wildman–Crippen MR) is 83.2 cm³/mol. The van der Waals surface area contributed by atoms with Crippen LogP contribution >= 0.6 is 23.8 Å². The summed E-state index contributed by atoms with van der Waals surface area (Å²) in [6, 6.07) is 7.42. The van der Waals surface area contributed by atoms with Gasteiger partial charge in [-0.2, -0.15) is 5.10 Å². The number of benzene rings is 1. The van der Waals surface area contributed by atoms with E-state index in [1.165, 1.54) is 0 Å². The van der Waals surface area contributed by atoms with Crippen LogP contribution in [0.15, 0.2) is 24.3 Å². The van der Waals surface area contributed by atoms with Crippen LogP contribution in [0.2, 0.25) is 5.02 Å². The molecule has 20 heavy (non-hydrogen) atoms. The summed E-state index contributed by atoms with van der Waals surface area (Å²) in [4.78, 5) is 0.251. The lowest BCUT2D eigenvalue weighted by Crippen LogP contribution is -2.16. The van der Waals surface area contributed by atoms with Gasteiger partial charge in [-0.3, -0.25) is 0 Å². The maximum Gasteiger partial charge on any atom is 0.244 e. The molecule has 0 aliphatic rings. The fourth-order valence-corrected chi connectivity index (χ4v) is 2.21. The summed E-state index contributed by atoms with van der Waals surface area (Å²) in [5.41, 5.74) is 8.97. The first kappa shape index (κ1) is 14.7. The molecule has 0 radical (unpaired) electrons. The first-order chi connectivity index (χ1) is 9.49. The lowest BCUT2D eigenvalue weighted by molar-refractivity contribution is 0.289. The number of halogens is 1. The smallest absolute Gasteiger partial charge is 0.244 e. The number of rotatable bonds is 4. The van der Waals surface area contributed by atoms with Gasteiger partial charge < -0.3 is 10.5 Å². The Hall–Kier alpha value is -1.72. The summed E-state index contributed by atoms with van der Waals surface area (Å²) in [6.45, 7) is 4.07. The third-order valence-corrected chi connectivity index (χ3v) is 3.37. The Morgan fingerprint density at radius 3 is 2.75 bits per heavy atom. The van der Waals surface area contributed by atoms with Gasteiger partial charge >= 0.3 is 0 Å². The molecular formula is C14H14ClN3OS. The van der Waals surface area contributed by atoms with Gasteiger partial charge in [0.2, 0.25) is 5.88 Å². The van der Waals surface area contributed by atoms with E-state index in [2.05, 4.69) is 10.2 Å². The van der Waals surface area contributed by atoms with Crippen molar-refractivity contribution in [2.45, 2.75) is 20.5 Å². The molecule has 104 valence electrons. The van der Waals surface area contributed by atoms with Crippen LogP contribution < -0.4 is 10.5 Å². The summed E-state index contributed by atoms with van der Waals surface area (Å²) in [5.74, 6) is 0.348. The van der Waals surface area contributed by atoms with E-state index in [4.69, 9.17) is 34.3 Å². The van der Waals surface area contributed by atoms with Crippen LogP contribution in [-0.2, 0) is 6.61 Å². The molecule has 0 spiro atoms. The third kappa shape index (κ3) is 3.23. The van der Waals surface area contributed by atoms with Crippen LogP contribution in [0.4, 0.5) is 0 Å². The lowest BCUT2D eigenvalue weighted by Gasteiger charge is -2.12. The van der Waals surface area contributed by atoms with E-state index in [9.17, 15) is 0 Å². The zero-order valence-electron chi connectivity index (χ0n) is 11.2. The third-order valence-electron chi connectivity index (χ3n) is 2.93. The number of nitrogens with zero attached hydrogens (tertiary/aromatic N) is 2. The van der Waals surface area contributed by atoms with Crippen molar-refractivity contribution in [2.24, 2.45) is 5.73 Å². The number of hydrogen-bond acceptors (Lipinski definition) is 4. The molecule has 1 heterocycles. The second-order valence-electron chi connectivity index (χ2n) is 4.37. The van der Waals surface area contributed by atoms with Crippen LogP contribution in [0.5, 0.6) is 5.88 Å². The maximum absolute atomic E-state index is 5.93. The van der Waals surface area contributed by atoms with E-state index < -0.39 is 0 Å². The predicted octanol–water partition coefficient (Wildman–Crippen LogP) is 2.96. The average Bonchev–Trinajstić information content (AvgIpc) is 2.39. The van der Waals surface area contributed by atoms with Gasteiger partial charge in [-0.05, 0) is 37.1 Å². The zero-order chi connectivity index (χ0) is 14.7. The number of ether oxygens (including phenoxy) is 1. The van der Waals surface area contributed by atoms with Crippen LogP contribution in [0.3, 0.4) is 0 Å². The molecule has 1 aromatic heterocycles. The molecule has 0 aliphatic heterocycles. The topological polar surface area (TPSA) is 61.0 Å². The van der Waals surface area contributed by atoms with Gasteiger partial charge in [-0.15, -0.1) is 5.10 Å². The Bertz CT molecular complexity index is 661. The molecule has 0 saturated heterocycles. The maximum atomic E-state index is 5.93. The number of aromatic nitrogens is 2. The summed E-state index contributed by atoms with van der Waals surface area (Å²) >= 11 is 11.0. The molecule has 2 rings (SSSR count). The van der Waals surface area contributed by atoms with Crippen LogP contribution in [0.25, 0.3) is 0 Å². The molecule has 6 heteroatoms. The van der Waals surface area contributed by atoms with Crippen LogP contribution in [0, 0.1) is 13.8 Å². The quantitative estimate of drug-likeness (QED) is 0.880. The molecule has 0 unspecified atom stereocenters. The largest absolute Gasteiger partial charge is 0.471 e. The average molecular weight is 308 g/mol. The normalized spacial score (nSPS) is 10.3. The molecule has 4 nitrogen and oxygen atoms in total.